The predicted molar refractivity (Wildman–Crippen MR) is 64.1 cm³/mol. The number of hydrogen-bond acceptors (Lipinski definition) is 3. The average Bonchev–Trinajstić information content (AvgIpc) is 2.89. The summed E-state index contributed by atoms with van der Waals surface area (Å²) in [6, 6.07) is 5.44. The first-order valence-corrected chi connectivity index (χ1v) is 6.06. The molecule has 0 spiro atoms. The summed E-state index contributed by atoms with van der Waals surface area (Å²) in [5.74, 6) is -4.05. The van der Waals surface area contributed by atoms with Crippen LogP contribution in [-0.4, -0.2) is 11.7 Å². The van der Waals surface area contributed by atoms with Crippen LogP contribution >= 0.6 is 11.3 Å². The molecule has 0 saturated heterocycles. The third-order valence-corrected chi connectivity index (χ3v) is 3.37. The van der Waals surface area contributed by atoms with E-state index in [1.165, 1.54) is 11.3 Å². The van der Waals surface area contributed by atoms with Gasteiger partial charge in [-0.2, -0.15) is 0 Å². The largest absolute Gasteiger partial charge is 0.386 e. The molecular weight excluding hydrogens is 263 g/mol. The van der Waals surface area contributed by atoms with E-state index in [0.717, 1.165) is 12.1 Å². The van der Waals surface area contributed by atoms with Gasteiger partial charge in [-0.3, -0.25) is 0 Å². The molecule has 18 heavy (non-hydrogen) atoms. The van der Waals surface area contributed by atoms with Crippen molar-refractivity contribution in [3.8, 4) is 0 Å². The lowest BCUT2D eigenvalue weighted by atomic mass is 10.2. The quantitative estimate of drug-likeness (QED) is 0.838. The Morgan fingerprint density at radius 1 is 1.17 bits per heavy atom. The molecule has 0 amide bonds. The molecule has 1 unspecified atom stereocenters. The lowest BCUT2D eigenvalue weighted by Gasteiger charge is -2.12. The maximum Gasteiger partial charge on any atom is 0.196 e. The number of halogens is 3. The first kappa shape index (κ1) is 12.9. The smallest absolute Gasteiger partial charge is 0.196 e. The van der Waals surface area contributed by atoms with Crippen LogP contribution in [0.3, 0.4) is 0 Å². The van der Waals surface area contributed by atoms with Gasteiger partial charge in [-0.15, -0.1) is 11.3 Å². The molecule has 2 nitrogen and oxygen atoms in total. The monoisotopic (exact) mass is 273 g/mol. The highest BCUT2D eigenvalue weighted by Gasteiger charge is 2.14. The summed E-state index contributed by atoms with van der Waals surface area (Å²) in [5.41, 5.74) is -0.176. The summed E-state index contributed by atoms with van der Waals surface area (Å²) in [4.78, 5) is 0.713. The summed E-state index contributed by atoms with van der Waals surface area (Å²) in [6.45, 7) is 0.0164. The average molecular weight is 273 g/mol. The highest BCUT2D eigenvalue weighted by atomic mass is 32.1. The van der Waals surface area contributed by atoms with Crippen LogP contribution < -0.4 is 5.32 Å². The zero-order valence-electron chi connectivity index (χ0n) is 9.16. The Morgan fingerprint density at radius 3 is 2.61 bits per heavy atom. The number of thiophene rings is 1. The van der Waals surface area contributed by atoms with Crippen molar-refractivity contribution in [2.45, 2.75) is 6.10 Å². The Morgan fingerprint density at radius 2 is 1.94 bits per heavy atom. The summed E-state index contributed by atoms with van der Waals surface area (Å²) < 4.78 is 38.9. The zero-order chi connectivity index (χ0) is 13.1. The normalized spacial score (nSPS) is 12.4. The predicted octanol–water partition coefficient (Wildman–Crippen LogP) is 3.31. The number of aliphatic hydroxyl groups is 1. The van der Waals surface area contributed by atoms with Gasteiger partial charge in [0.25, 0.3) is 0 Å². The van der Waals surface area contributed by atoms with Gasteiger partial charge in [0.1, 0.15) is 6.10 Å². The second-order valence-corrected chi connectivity index (χ2v) is 4.61. The Kier molecular flexibility index (Phi) is 3.88. The number of nitrogens with one attached hydrogen (secondary N) is 1. The summed E-state index contributed by atoms with van der Waals surface area (Å²) in [7, 11) is 0. The number of hydrogen-bond donors (Lipinski definition) is 2. The van der Waals surface area contributed by atoms with Crippen molar-refractivity contribution in [2.24, 2.45) is 0 Å². The van der Waals surface area contributed by atoms with Gasteiger partial charge < -0.3 is 10.4 Å². The molecule has 0 radical (unpaired) electrons. The second kappa shape index (κ2) is 5.41. The van der Waals surface area contributed by atoms with Gasteiger partial charge in [0.15, 0.2) is 17.5 Å². The molecule has 2 rings (SSSR count). The van der Waals surface area contributed by atoms with Crippen molar-refractivity contribution in [3.63, 3.8) is 0 Å². The molecule has 2 aromatic rings. The van der Waals surface area contributed by atoms with E-state index in [-0.39, 0.29) is 12.2 Å². The van der Waals surface area contributed by atoms with E-state index in [4.69, 9.17) is 0 Å². The molecule has 0 saturated carbocycles. The molecule has 96 valence electrons. The Labute approximate surface area is 106 Å². The van der Waals surface area contributed by atoms with E-state index in [2.05, 4.69) is 5.32 Å². The molecule has 1 atom stereocenters. The van der Waals surface area contributed by atoms with Crippen molar-refractivity contribution in [3.05, 3.63) is 52.0 Å². The van der Waals surface area contributed by atoms with Crippen LogP contribution in [0.15, 0.2) is 29.6 Å². The Balaban J connectivity index is 2.05. The van der Waals surface area contributed by atoms with Crippen LogP contribution in [0.1, 0.15) is 11.0 Å². The van der Waals surface area contributed by atoms with E-state index in [1.54, 1.807) is 17.5 Å². The van der Waals surface area contributed by atoms with Crippen LogP contribution in [0, 0.1) is 17.5 Å². The highest BCUT2D eigenvalue weighted by Crippen LogP contribution is 2.22. The van der Waals surface area contributed by atoms with Crippen LogP contribution in [0.4, 0.5) is 18.9 Å². The topological polar surface area (TPSA) is 32.3 Å². The third kappa shape index (κ3) is 2.65. The number of aliphatic hydroxyl groups excluding tert-OH is 1. The van der Waals surface area contributed by atoms with Crippen molar-refractivity contribution < 1.29 is 18.3 Å². The number of anilines is 1. The van der Waals surface area contributed by atoms with E-state index in [0.29, 0.717) is 4.88 Å². The van der Waals surface area contributed by atoms with Gasteiger partial charge in [-0.05, 0) is 23.6 Å². The van der Waals surface area contributed by atoms with Crippen molar-refractivity contribution in [2.75, 3.05) is 11.9 Å². The minimum atomic E-state index is -1.52. The Hall–Kier alpha value is -1.53. The van der Waals surface area contributed by atoms with E-state index < -0.39 is 23.6 Å². The zero-order valence-corrected chi connectivity index (χ0v) is 9.98. The minimum absolute atomic E-state index is 0.0164. The van der Waals surface area contributed by atoms with Crippen LogP contribution in [0.5, 0.6) is 0 Å². The molecule has 0 bridgehead atoms. The van der Waals surface area contributed by atoms with E-state index in [1.807, 2.05) is 0 Å². The number of benzene rings is 1. The minimum Gasteiger partial charge on any atom is -0.386 e. The molecule has 0 aliphatic rings. The molecule has 6 heteroatoms. The fourth-order valence-corrected chi connectivity index (χ4v) is 2.16. The third-order valence-electron chi connectivity index (χ3n) is 2.39. The SMILES string of the molecule is OC(CNc1ccc(F)c(F)c1F)c1cccs1. The fourth-order valence-electron chi connectivity index (χ4n) is 1.45. The summed E-state index contributed by atoms with van der Waals surface area (Å²) >= 11 is 1.36. The molecule has 1 heterocycles. The van der Waals surface area contributed by atoms with Gasteiger partial charge in [-0.1, -0.05) is 6.07 Å². The van der Waals surface area contributed by atoms with Crippen molar-refractivity contribution in [1.82, 2.24) is 0 Å². The van der Waals surface area contributed by atoms with Crippen molar-refractivity contribution in [1.29, 1.82) is 0 Å². The molecule has 1 aromatic carbocycles. The van der Waals surface area contributed by atoms with Gasteiger partial charge in [0, 0.05) is 11.4 Å². The summed E-state index contributed by atoms with van der Waals surface area (Å²) in [6.07, 6.45) is -0.822. The first-order valence-electron chi connectivity index (χ1n) is 5.18. The maximum absolute atomic E-state index is 13.3. The van der Waals surface area contributed by atoms with Gasteiger partial charge >= 0.3 is 0 Å². The van der Waals surface area contributed by atoms with Crippen LogP contribution in [-0.2, 0) is 0 Å². The van der Waals surface area contributed by atoms with E-state index in [9.17, 15) is 18.3 Å². The maximum atomic E-state index is 13.3. The lowest BCUT2D eigenvalue weighted by Crippen LogP contribution is -2.12. The molecule has 0 aliphatic heterocycles. The van der Waals surface area contributed by atoms with Crippen molar-refractivity contribution >= 4 is 17.0 Å². The van der Waals surface area contributed by atoms with Gasteiger partial charge in [0.05, 0.1) is 5.69 Å². The first-order chi connectivity index (χ1) is 8.59. The fraction of sp³-hybridized carbons (Fsp3) is 0.167. The van der Waals surface area contributed by atoms with Crippen LogP contribution in [0.2, 0.25) is 0 Å². The highest BCUT2D eigenvalue weighted by molar-refractivity contribution is 7.10. The van der Waals surface area contributed by atoms with Gasteiger partial charge in [-0.25, -0.2) is 13.2 Å². The molecule has 1 aromatic heterocycles. The molecule has 0 aliphatic carbocycles. The standard InChI is InChI=1S/C12H10F3NOS/c13-7-3-4-8(12(15)11(7)14)16-6-9(17)10-2-1-5-18-10/h1-5,9,16-17H,6H2. The Bertz CT molecular complexity index is 530. The van der Waals surface area contributed by atoms with Gasteiger partial charge in [0.2, 0.25) is 0 Å². The second-order valence-electron chi connectivity index (χ2n) is 3.64. The number of rotatable bonds is 4. The lowest BCUT2D eigenvalue weighted by molar-refractivity contribution is 0.195. The van der Waals surface area contributed by atoms with Crippen LogP contribution in [0.25, 0.3) is 0 Å². The molecule has 2 N–H and O–H groups in total. The van der Waals surface area contributed by atoms with E-state index >= 15 is 0 Å². The summed E-state index contributed by atoms with van der Waals surface area (Å²) in [5, 5.41) is 14.1. The molecule has 0 fully saturated rings. The molecular formula is C12H10F3NOS.